The topological polar surface area (TPSA) is 54.1 Å². The number of ether oxygens (including phenoxy) is 1. The molecule has 0 saturated carbocycles. The maximum atomic E-state index is 12.1. The third-order valence-electron chi connectivity index (χ3n) is 4.10. The Hall–Kier alpha value is -3.53. The normalized spacial score (nSPS) is 10.6. The van der Waals surface area contributed by atoms with Gasteiger partial charge in [0, 0.05) is 27.8 Å². The van der Waals surface area contributed by atoms with Crippen LogP contribution in [0, 0.1) is 0 Å². The standard InChI is InChI=1S/C22H18N2O2/c25-22(15-26-19-10-2-1-3-11-19)23-18-9-6-8-16(13-18)21-14-17-7-4-5-12-20(17)24-21/h1-14,24H,15H2,(H,23,25). The second kappa shape index (κ2) is 7.15. The predicted octanol–water partition coefficient (Wildman–Crippen LogP) is 4.85. The van der Waals surface area contributed by atoms with Gasteiger partial charge in [-0.3, -0.25) is 4.79 Å². The molecule has 0 fully saturated rings. The average Bonchev–Trinajstić information content (AvgIpc) is 3.12. The van der Waals surface area contributed by atoms with Crippen LogP contribution in [0.2, 0.25) is 0 Å². The molecule has 0 saturated heterocycles. The first-order valence-corrected chi connectivity index (χ1v) is 8.44. The molecule has 4 heteroatoms. The number of hydrogen-bond donors (Lipinski definition) is 2. The molecule has 0 bridgehead atoms. The van der Waals surface area contributed by atoms with Crippen molar-refractivity contribution < 1.29 is 9.53 Å². The lowest BCUT2D eigenvalue weighted by Gasteiger charge is -2.08. The van der Waals surface area contributed by atoms with Crippen LogP contribution >= 0.6 is 0 Å². The molecule has 0 aliphatic carbocycles. The maximum absolute atomic E-state index is 12.1. The molecule has 2 N–H and O–H groups in total. The van der Waals surface area contributed by atoms with Gasteiger partial charge in [-0.2, -0.15) is 0 Å². The van der Waals surface area contributed by atoms with Crippen LogP contribution in [0.15, 0.2) is 84.9 Å². The monoisotopic (exact) mass is 342 g/mol. The summed E-state index contributed by atoms with van der Waals surface area (Å²) >= 11 is 0. The lowest BCUT2D eigenvalue weighted by Crippen LogP contribution is -2.20. The summed E-state index contributed by atoms with van der Waals surface area (Å²) in [6.45, 7) is -0.0272. The summed E-state index contributed by atoms with van der Waals surface area (Å²) in [6.07, 6.45) is 0. The average molecular weight is 342 g/mol. The van der Waals surface area contributed by atoms with Gasteiger partial charge in [-0.1, -0.05) is 48.5 Å². The van der Waals surface area contributed by atoms with Crippen LogP contribution in [-0.2, 0) is 4.79 Å². The maximum Gasteiger partial charge on any atom is 0.262 e. The van der Waals surface area contributed by atoms with E-state index in [1.54, 1.807) is 0 Å². The molecule has 0 aliphatic heterocycles. The van der Waals surface area contributed by atoms with Gasteiger partial charge in [-0.05, 0) is 36.4 Å². The predicted molar refractivity (Wildman–Crippen MR) is 104 cm³/mol. The Labute approximate surface area is 151 Å². The minimum atomic E-state index is -0.192. The minimum Gasteiger partial charge on any atom is -0.484 e. The molecule has 0 radical (unpaired) electrons. The summed E-state index contributed by atoms with van der Waals surface area (Å²) < 4.78 is 5.48. The first-order valence-electron chi connectivity index (χ1n) is 8.44. The summed E-state index contributed by atoms with van der Waals surface area (Å²) in [5.41, 5.74) is 3.86. The van der Waals surface area contributed by atoms with Crippen LogP contribution in [0.5, 0.6) is 5.75 Å². The van der Waals surface area contributed by atoms with Crippen molar-refractivity contribution in [1.82, 2.24) is 4.98 Å². The largest absolute Gasteiger partial charge is 0.484 e. The van der Waals surface area contributed by atoms with Gasteiger partial charge in [-0.15, -0.1) is 0 Å². The summed E-state index contributed by atoms with van der Waals surface area (Å²) in [7, 11) is 0. The Morgan fingerprint density at radius 1 is 0.885 bits per heavy atom. The highest BCUT2D eigenvalue weighted by Gasteiger charge is 2.07. The highest BCUT2D eigenvalue weighted by molar-refractivity contribution is 5.93. The molecule has 26 heavy (non-hydrogen) atoms. The van der Waals surface area contributed by atoms with Crippen molar-refractivity contribution in [2.24, 2.45) is 0 Å². The lowest BCUT2D eigenvalue weighted by atomic mass is 10.1. The van der Waals surface area contributed by atoms with Gasteiger partial charge in [0.25, 0.3) is 5.91 Å². The van der Waals surface area contributed by atoms with Gasteiger partial charge < -0.3 is 15.0 Å². The van der Waals surface area contributed by atoms with E-state index in [1.165, 1.54) is 0 Å². The highest BCUT2D eigenvalue weighted by Crippen LogP contribution is 2.26. The number of carbonyl (C=O) groups is 1. The third-order valence-corrected chi connectivity index (χ3v) is 4.10. The van der Waals surface area contributed by atoms with Crippen LogP contribution in [0.25, 0.3) is 22.2 Å². The van der Waals surface area contributed by atoms with E-state index in [9.17, 15) is 4.79 Å². The number of rotatable bonds is 5. The molecule has 4 aromatic rings. The van der Waals surface area contributed by atoms with E-state index in [1.807, 2.05) is 72.8 Å². The van der Waals surface area contributed by atoms with E-state index in [4.69, 9.17) is 4.74 Å². The Balaban J connectivity index is 1.46. The van der Waals surface area contributed by atoms with Crippen molar-refractivity contribution in [3.63, 3.8) is 0 Å². The number of fused-ring (bicyclic) bond motifs is 1. The molecule has 0 atom stereocenters. The fourth-order valence-electron chi connectivity index (χ4n) is 2.86. The van der Waals surface area contributed by atoms with E-state index in [0.29, 0.717) is 5.75 Å². The molecule has 0 aliphatic rings. The number of aromatic nitrogens is 1. The van der Waals surface area contributed by atoms with Crippen molar-refractivity contribution >= 4 is 22.5 Å². The zero-order valence-corrected chi connectivity index (χ0v) is 14.1. The Morgan fingerprint density at radius 2 is 1.69 bits per heavy atom. The molecule has 4 rings (SSSR count). The number of carbonyl (C=O) groups excluding carboxylic acids is 1. The van der Waals surface area contributed by atoms with Crippen LogP contribution in [0.4, 0.5) is 5.69 Å². The molecule has 0 spiro atoms. The molecular formula is C22H18N2O2. The van der Waals surface area contributed by atoms with Gasteiger partial charge in [0.2, 0.25) is 0 Å². The van der Waals surface area contributed by atoms with Crippen molar-refractivity contribution in [3.05, 3.63) is 84.9 Å². The second-order valence-electron chi connectivity index (χ2n) is 6.00. The van der Waals surface area contributed by atoms with Gasteiger partial charge >= 0.3 is 0 Å². The molecule has 4 nitrogen and oxygen atoms in total. The summed E-state index contributed by atoms with van der Waals surface area (Å²) in [4.78, 5) is 15.5. The van der Waals surface area contributed by atoms with Crippen molar-refractivity contribution in [2.75, 3.05) is 11.9 Å². The SMILES string of the molecule is O=C(COc1ccccc1)Nc1cccc(-c2cc3ccccc3[nH]2)c1. The van der Waals surface area contributed by atoms with Gasteiger partial charge in [0.15, 0.2) is 6.61 Å². The van der Waals surface area contributed by atoms with Gasteiger partial charge in [0.05, 0.1) is 0 Å². The third kappa shape index (κ3) is 3.59. The summed E-state index contributed by atoms with van der Waals surface area (Å²) in [5, 5.41) is 4.04. The first-order chi connectivity index (χ1) is 12.8. The number of nitrogens with one attached hydrogen (secondary N) is 2. The van der Waals surface area contributed by atoms with Crippen LogP contribution in [0.1, 0.15) is 0 Å². The van der Waals surface area contributed by atoms with Crippen LogP contribution < -0.4 is 10.1 Å². The first kappa shape index (κ1) is 16.0. The van der Waals surface area contributed by atoms with Crippen LogP contribution in [-0.4, -0.2) is 17.5 Å². The zero-order chi connectivity index (χ0) is 17.8. The van der Waals surface area contributed by atoms with Crippen molar-refractivity contribution in [3.8, 4) is 17.0 Å². The highest BCUT2D eigenvalue weighted by atomic mass is 16.5. The van der Waals surface area contributed by atoms with Gasteiger partial charge in [0.1, 0.15) is 5.75 Å². The van der Waals surface area contributed by atoms with E-state index >= 15 is 0 Å². The number of amides is 1. The Morgan fingerprint density at radius 3 is 2.54 bits per heavy atom. The smallest absolute Gasteiger partial charge is 0.262 e. The van der Waals surface area contributed by atoms with E-state index < -0.39 is 0 Å². The Bertz CT molecular complexity index is 1010. The number of benzene rings is 3. The fourth-order valence-corrected chi connectivity index (χ4v) is 2.86. The van der Waals surface area contributed by atoms with E-state index in [2.05, 4.69) is 22.4 Å². The minimum absolute atomic E-state index is 0.0272. The lowest BCUT2D eigenvalue weighted by molar-refractivity contribution is -0.118. The molecule has 1 heterocycles. The summed E-state index contributed by atoms with van der Waals surface area (Å²) in [5.74, 6) is 0.483. The molecule has 0 unspecified atom stereocenters. The molecular weight excluding hydrogens is 324 g/mol. The van der Waals surface area contributed by atoms with Crippen LogP contribution in [0.3, 0.4) is 0 Å². The number of anilines is 1. The quantitative estimate of drug-likeness (QED) is 0.544. The molecule has 3 aromatic carbocycles. The molecule has 1 amide bonds. The zero-order valence-electron chi connectivity index (χ0n) is 14.1. The number of aromatic amines is 1. The fraction of sp³-hybridized carbons (Fsp3) is 0.0455. The number of hydrogen-bond acceptors (Lipinski definition) is 2. The summed E-state index contributed by atoms with van der Waals surface area (Å²) in [6, 6.07) is 27.3. The van der Waals surface area contributed by atoms with Crippen molar-refractivity contribution in [1.29, 1.82) is 0 Å². The van der Waals surface area contributed by atoms with Crippen molar-refractivity contribution in [2.45, 2.75) is 0 Å². The molecule has 1 aromatic heterocycles. The van der Waals surface area contributed by atoms with Gasteiger partial charge in [-0.25, -0.2) is 0 Å². The Kier molecular flexibility index (Phi) is 4.39. The number of H-pyrrole nitrogens is 1. The number of para-hydroxylation sites is 2. The van der Waals surface area contributed by atoms with E-state index in [-0.39, 0.29) is 12.5 Å². The molecule has 128 valence electrons. The van der Waals surface area contributed by atoms with E-state index in [0.717, 1.165) is 27.8 Å². The second-order valence-corrected chi connectivity index (χ2v) is 6.00.